The third-order valence-electron chi connectivity index (χ3n) is 4.97. The highest BCUT2D eigenvalue weighted by molar-refractivity contribution is 7.07. The summed E-state index contributed by atoms with van der Waals surface area (Å²) in [5, 5.41) is 16.6. The van der Waals surface area contributed by atoms with Crippen molar-refractivity contribution in [2.45, 2.75) is 44.7 Å². The summed E-state index contributed by atoms with van der Waals surface area (Å²) < 4.78 is 0. The fourth-order valence-corrected chi connectivity index (χ4v) is 4.10. The molecule has 5 nitrogen and oxygen atoms in total. The van der Waals surface area contributed by atoms with Crippen LogP contribution in [0.15, 0.2) is 16.8 Å². The molecule has 1 atom stereocenters. The van der Waals surface area contributed by atoms with Crippen LogP contribution in [-0.2, 0) is 6.54 Å². The summed E-state index contributed by atoms with van der Waals surface area (Å²) in [6, 6.07) is 2.61. The standard InChI is InChI=1S/C18H29N3O2S/c22-13-15-3-1-8-20(11-15)9-2-7-19-18(23)21(17-4-5-17)12-16-6-10-24-14-16/h6,10,14-15,17,22H,1-5,7-9,11-13H2,(H,19,23)/t15-/m0/s1. The average molecular weight is 352 g/mol. The normalized spacial score (nSPS) is 21.6. The van der Waals surface area contributed by atoms with E-state index in [0.717, 1.165) is 58.4 Å². The minimum atomic E-state index is 0.0792. The lowest BCUT2D eigenvalue weighted by Crippen LogP contribution is -2.42. The van der Waals surface area contributed by atoms with E-state index in [4.69, 9.17) is 0 Å². The maximum atomic E-state index is 12.5. The Morgan fingerprint density at radius 1 is 1.42 bits per heavy atom. The molecule has 0 radical (unpaired) electrons. The van der Waals surface area contributed by atoms with Crippen LogP contribution < -0.4 is 5.32 Å². The van der Waals surface area contributed by atoms with Crippen LogP contribution in [-0.4, -0.2) is 59.8 Å². The van der Waals surface area contributed by atoms with Crippen LogP contribution in [0.25, 0.3) is 0 Å². The number of carbonyl (C=O) groups is 1. The van der Waals surface area contributed by atoms with Crippen molar-refractivity contribution in [3.63, 3.8) is 0 Å². The number of urea groups is 1. The van der Waals surface area contributed by atoms with Crippen LogP contribution in [0.4, 0.5) is 4.79 Å². The maximum absolute atomic E-state index is 12.5. The summed E-state index contributed by atoms with van der Waals surface area (Å²) in [6.07, 6.45) is 5.55. The van der Waals surface area contributed by atoms with Gasteiger partial charge in [-0.15, -0.1) is 0 Å². The zero-order valence-electron chi connectivity index (χ0n) is 14.3. The number of carbonyl (C=O) groups excluding carboxylic acids is 1. The molecular formula is C18H29N3O2S. The number of amides is 2. The third-order valence-corrected chi connectivity index (χ3v) is 5.70. The molecule has 134 valence electrons. The molecule has 24 heavy (non-hydrogen) atoms. The Kier molecular flexibility index (Phi) is 6.51. The van der Waals surface area contributed by atoms with Crippen molar-refractivity contribution in [1.29, 1.82) is 0 Å². The summed E-state index contributed by atoms with van der Waals surface area (Å²) in [4.78, 5) is 16.9. The molecule has 2 N–H and O–H groups in total. The smallest absolute Gasteiger partial charge is 0.317 e. The number of rotatable bonds is 8. The lowest BCUT2D eigenvalue weighted by atomic mass is 9.99. The van der Waals surface area contributed by atoms with Crippen molar-refractivity contribution in [3.8, 4) is 0 Å². The third kappa shape index (κ3) is 5.19. The summed E-state index contributed by atoms with van der Waals surface area (Å²) in [5.41, 5.74) is 1.23. The van der Waals surface area contributed by atoms with Crippen LogP contribution in [0.5, 0.6) is 0 Å². The fourth-order valence-electron chi connectivity index (χ4n) is 3.44. The lowest BCUT2D eigenvalue weighted by Gasteiger charge is -2.31. The molecule has 2 heterocycles. The van der Waals surface area contributed by atoms with E-state index in [2.05, 4.69) is 27.0 Å². The Hall–Kier alpha value is -1.11. The summed E-state index contributed by atoms with van der Waals surface area (Å²) >= 11 is 1.68. The molecule has 1 aromatic heterocycles. The van der Waals surface area contributed by atoms with Crippen LogP contribution in [0.3, 0.4) is 0 Å². The van der Waals surface area contributed by atoms with Gasteiger partial charge in [0.25, 0.3) is 0 Å². The van der Waals surface area contributed by atoms with Gasteiger partial charge >= 0.3 is 6.03 Å². The van der Waals surface area contributed by atoms with Gasteiger partial charge in [-0.2, -0.15) is 11.3 Å². The molecule has 1 aliphatic carbocycles. The van der Waals surface area contributed by atoms with E-state index < -0.39 is 0 Å². The largest absolute Gasteiger partial charge is 0.396 e. The van der Waals surface area contributed by atoms with Gasteiger partial charge in [-0.25, -0.2) is 4.79 Å². The quantitative estimate of drug-likeness (QED) is 0.708. The van der Waals surface area contributed by atoms with Gasteiger partial charge in [0.2, 0.25) is 0 Å². The van der Waals surface area contributed by atoms with Crippen molar-refractivity contribution in [1.82, 2.24) is 15.1 Å². The van der Waals surface area contributed by atoms with Gasteiger partial charge in [-0.3, -0.25) is 0 Å². The predicted molar refractivity (Wildman–Crippen MR) is 97.1 cm³/mol. The number of hydrogen-bond donors (Lipinski definition) is 2. The minimum Gasteiger partial charge on any atom is -0.396 e. The first kappa shape index (κ1) is 17.7. The Bertz CT molecular complexity index is 504. The molecule has 2 amide bonds. The van der Waals surface area contributed by atoms with Crippen LogP contribution in [0, 0.1) is 5.92 Å². The van der Waals surface area contributed by atoms with Gasteiger partial charge in [0.05, 0.1) is 0 Å². The number of piperidine rings is 1. The SMILES string of the molecule is O=C(NCCCN1CCC[C@H](CO)C1)N(Cc1ccsc1)C1CC1. The number of likely N-dealkylation sites (tertiary alicyclic amines) is 1. The topological polar surface area (TPSA) is 55.8 Å². The van der Waals surface area contributed by atoms with E-state index in [1.807, 2.05) is 4.90 Å². The number of nitrogens with one attached hydrogen (secondary N) is 1. The van der Waals surface area contributed by atoms with Crippen molar-refractivity contribution >= 4 is 17.4 Å². The van der Waals surface area contributed by atoms with Crippen molar-refractivity contribution in [2.75, 3.05) is 32.8 Å². The Balaban J connectivity index is 1.36. The molecule has 3 rings (SSSR count). The summed E-state index contributed by atoms with van der Waals surface area (Å²) in [6.45, 7) is 4.88. The van der Waals surface area contributed by atoms with Gasteiger partial charge in [0.1, 0.15) is 0 Å². The number of hydrogen-bond acceptors (Lipinski definition) is 4. The van der Waals surface area contributed by atoms with Crippen LogP contribution in [0.1, 0.15) is 37.7 Å². The molecule has 2 fully saturated rings. The van der Waals surface area contributed by atoms with E-state index >= 15 is 0 Å². The van der Waals surface area contributed by atoms with Gasteiger partial charge in [-0.05, 0) is 73.5 Å². The van der Waals surface area contributed by atoms with Crippen LogP contribution >= 0.6 is 11.3 Å². The molecule has 1 saturated heterocycles. The Labute approximate surface area is 148 Å². The second-order valence-corrected chi connectivity index (χ2v) is 7.85. The first-order chi connectivity index (χ1) is 11.8. The molecule has 0 unspecified atom stereocenters. The predicted octanol–water partition coefficient (Wildman–Crippen LogP) is 2.52. The molecular weight excluding hydrogens is 322 g/mol. The van der Waals surface area contributed by atoms with Crippen molar-refractivity contribution in [3.05, 3.63) is 22.4 Å². The van der Waals surface area contributed by atoms with Crippen molar-refractivity contribution < 1.29 is 9.90 Å². The molecule has 0 spiro atoms. The van der Waals surface area contributed by atoms with E-state index in [1.165, 1.54) is 12.0 Å². The average Bonchev–Trinajstić information content (AvgIpc) is 3.32. The highest BCUT2D eigenvalue weighted by Crippen LogP contribution is 2.28. The molecule has 0 aromatic carbocycles. The van der Waals surface area contributed by atoms with E-state index in [9.17, 15) is 9.90 Å². The second kappa shape index (κ2) is 8.83. The zero-order chi connectivity index (χ0) is 16.8. The fraction of sp³-hybridized carbons (Fsp3) is 0.722. The summed E-state index contributed by atoms with van der Waals surface area (Å²) in [5.74, 6) is 0.435. The second-order valence-electron chi connectivity index (χ2n) is 7.07. The highest BCUT2D eigenvalue weighted by atomic mass is 32.1. The first-order valence-corrected chi connectivity index (χ1v) is 10.1. The monoisotopic (exact) mass is 351 g/mol. The van der Waals surface area contributed by atoms with Crippen LogP contribution in [0.2, 0.25) is 0 Å². The van der Waals surface area contributed by atoms with Gasteiger partial charge in [0, 0.05) is 32.3 Å². The summed E-state index contributed by atoms with van der Waals surface area (Å²) in [7, 11) is 0. The van der Waals surface area contributed by atoms with Gasteiger partial charge in [-0.1, -0.05) is 0 Å². The number of aliphatic hydroxyl groups excluding tert-OH is 1. The molecule has 2 aliphatic rings. The molecule has 1 aliphatic heterocycles. The van der Waals surface area contributed by atoms with E-state index in [0.29, 0.717) is 18.6 Å². The van der Waals surface area contributed by atoms with Crippen molar-refractivity contribution in [2.24, 2.45) is 5.92 Å². The number of thiophene rings is 1. The van der Waals surface area contributed by atoms with E-state index in [1.54, 1.807) is 11.3 Å². The van der Waals surface area contributed by atoms with Gasteiger partial charge < -0.3 is 20.2 Å². The number of aliphatic hydroxyl groups is 1. The van der Waals surface area contributed by atoms with E-state index in [-0.39, 0.29) is 6.03 Å². The molecule has 1 saturated carbocycles. The molecule has 0 bridgehead atoms. The Morgan fingerprint density at radius 2 is 2.29 bits per heavy atom. The molecule has 1 aromatic rings. The highest BCUT2D eigenvalue weighted by Gasteiger charge is 2.32. The molecule has 6 heteroatoms. The first-order valence-electron chi connectivity index (χ1n) is 9.15. The van der Waals surface area contributed by atoms with Gasteiger partial charge in [0.15, 0.2) is 0 Å². The number of nitrogens with zero attached hydrogens (tertiary/aromatic N) is 2. The minimum absolute atomic E-state index is 0.0792. The lowest BCUT2D eigenvalue weighted by molar-refractivity contribution is 0.119. The zero-order valence-corrected chi connectivity index (χ0v) is 15.1. The maximum Gasteiger partial charge on any atom is 0.317 e. The Morgan fingerprint density at radius 3 is 3.00 bits per heavy atom.